The maximum absolute atomic E-state index is 13.0. The molecule has 0 bridgehead atoms. The highest BCUT2D eigenvalue weighted by atomic mass is 32.2. The zero-order valence-corrected chi connectivity index (χ0v) is 19.2. The van der Waals surface area contributed by atoms with Crippen LogP contribution in [0.25, 0.3) is 16.9 Å². The number of nitrogens with zero attached hydrogens (tertiary/aromatic N) is 3. The monoisotopic (exact) mass is 477 g/mol. The van der Waals surface area contributed by atoms with Gasteiger partial charge in [0.2, 0.25) is 0 Å². The van der Waals surface area contributed by atoms with Gasteiger partial charge in [0, 0.05) is 18.4 Å². The van der Waals surface area contributed by atoms with Crippen molar-refractivity contribution in [2.75, 3.05) is 25.2 Å². The van der Waals surface area contributed by atoms with Crippen LogP contribution in [0.1, 0.15) is 10.4 Å². The molecule has 0 spiro atoms. The molecule has 0 aliphatic carbocycles. The van der Waals surface area contributed by atoms with Crippen molar-refractivity contribution in [2.45, 2.75) is 11.7 Å². The van der Waals surface area contributed by atoms with Crippen LogP contribution in [0.15, 0.2) is 81.6 Å². The van der Waals surface area contributed by atoms with Gasteiger partial charge in [-0.1, -0.05) is 60.3 Å². The van der Waals surface area contributed by atoms with Gasteiger partial charge in [0.15, 0.2) is 10.9 Å². The molecule has 0 radical (unpaired) electrons. The topological polar surface area (TPSA) is 125 Å². The summed E-state index contributed by atoms with van der Waals surface area (Å²) in [6, 6.07) is 19.5. The molecule has 3 N–H and O–H groups in total. The van der Waals surface area contributed by atoms with Gasteiger partial charge in [-0.15, -0.1) is 0 Å². The summed E-state index contributed by atoms with van der Waals surface area (Å²) in [5, 5.41) is 0.584. The number of nitrogens with two attached hydrogens (primary N) is 1. The quantitative estimate of drug-likeness (QED) is 0.280. The average Bonchev–Trinajstić information content (AvgIpc) is 3.27. The Morgan fingerprint density at radius 3 is 2.44 bits per heavy atom. The van der Waals surface area contributed by atoms with Crippen LogP contribution in [0.3, 0.4) is 0 Å². The average molecular weight is 478 g/mol. The molecule has 10 heteroatoms. The fourth-order valence-corrected chi connectivity index (χ4v) is 4.40. The first-order valence-corrected chi connectivity index (χ1v) is 11.5. The largest absolute Gasteiger partial charge is 0.384 e. The summed E-state index contributed by atoms with van der Waals surface area (Å²) >= 11 is 1.19. The van der Waals surface area contributed by atoms with Crippen LogP contribution in [0.4, 0.5) is 5.82 Å². The molecule has 174 valence electrons. The Hall–Kier alpha value is -3.89. The van der Waals surface area contributed by atoms with E-state index in [0.29, 0.717) is 5.16 Å². The highest BCUT2D eigenvalue weighted by Gasteiger charge is 2.21. The van der Waals surface area contributed by atoms with E-state index in [2.05, 4.69) is 9.97 Å². The van der Waals surface area contributed by atoms with E-state index in [1.807, 2.05) is 65.2 Å². The van der Waals surface area contributed by atoms with E-state index in [4.69, 9.17) is 10.5 Å². The first-order valence-electron chi connectivity index (χ1n) is 10.5. The summed E-state index contributed by atoms with van der Waals surface area (Å²) in [6.45, 7) is 0.319. The van der Waals surface area contributed by atoms with Gasteiger partial charge in [0.05, 0.1) is 30.8 Å². The number of methoxy groups -OCH3 is 1. The number of hydrogen-bond acceptors (Lipinski definition) is 7. The first kappa shape index (κ1) is 23.3. The Morgan fingerprint density at radius 1 is 1.09 bits per heavy atom. The molecular formula is C24H23N5O4S. The number of hydrogen-bond donors (Lipinski definition) is 2. The maximum Gasteiger partial charge on any atom is 0.330 e. The molecule has 0 aliphatic rings. The summed E-state index contributed by atoms with van der Waals surface area (Å²) in [5.74, 6) is -0.764. The van der Waals surface area contributed by atoms with E-state index < -0.39 is 17.0 Å². The number of ketones is 1. The zero-order chi connectivity index (χ0) is 24.1. The molecule has 0 saturated carbocycles. The predicted molar refractivity (Wildman–Crippen MR) is 132 cm³/mol. The van der Waals surface area contributed by atoms with Gasteiger partial charge >= 0.3 is 5.69 Å². The van der Waals surface area contributed by atoms with Crippen LogP contribution in [0.5, 0.6) is 0 Å². The van der Waals surface area contributed by atoms with Crippen molar-refractivity contribution in [3.63, 3.8) is 0 Å². The fraction of sp³-hybridized carbons (Fsp3) is 0.167. The molecule has 9 nitrogen and oxygen atoms in total. The number of anilines is 1. The van der Waals surface area contributed by atoms with Crippen molar-refractivity contribution in [1.82, 2.24) is 19.1 Å². The summed E-state index contributed by atoms with van der Waals surface area (Å²) in [5.41, 5.74) is 7.03. The molecule has 4 rings (SSSR count). The predicted octanol–water partition coefficient (Wildman–Crippen LogP) is 2.59. The number of imidazole rings is 1. The highest BCUT2D eigenvalue weighted by molar-refractivity contribution is 7.99. The van der Waals surface area contributed by atoms with Crippen molar-refractivity contribution in [2.24, 2.45) is 0 Å². The summed E-state index contributed by atoms with van der Waals surface area (Å²) in [4.78, 5) is 44.2. The third-order valence-electron chi connectivity index (χ3n) is 5.18. The lowest BCUT2D eigenvalue weighted by molar-refractivity contribution is 0.102. The molecule has 4 aromatic rings. The van der Waals surface area contributed by atoms with Gasteiger partial charge in [-0.2, -0.15) is 0 Å². The number of Topliss-reactive ketones (excluding diaryl/α,β-unsaturated/α-hetero) is 1. The molecule has 34 heavy (non-hydrogen) atoms. The molecule has 0 amide bonds. The standard InChI is InChI=1S/C24H23N5O4S/c1-33-13-12-28-21(25)20(22(31)27-23(28)32)19(30)15-34-24-26-14-18(16-8-4-2-5-9-16)29(24)17-10-6-3-7-11-17/h2-11,14H,12-13,15,25H2,1H3,(H,27,31,32). The molecule has 0 unspecified atom stereocenters. The van der Waals surface area contributed by atoms with Crippen LogP contribution in [-0.4, -0.2) is 44.4 Å². The second-order valence-electron chi connectivity index (χ2n) is 7.34. The number of nitrogen functional groups attached to an aromatic ring is 1. The summed E-state index contributed by atoms with van der Waals surface area (Å²) in [6.07, 6.45) is 1.75. The number of ether oxygens (including phenoxy) is 1. The van der Waals surface area contributed by atoms with Crippen LogP contribution in [-0.2, 0) is 11.3 Å². The van der Waals surface area contributed by atoms with Crippen molar-refractivity contribution < 1.29 is 9.53 Å². The van der Waals surface area contributed by atoms with Crippen molar-refractivity contribution in [3.05, 3.63) is 93.3 Å². The van der Waals surface area contributed by atoms with E-state index in [0.717, 1.165) is 21.5 Å². The van der Waals surface area contributed by atoms with Gasteiger partial charge in [0.25, 0.3) is 5.56 Å². The fourth-order valence-electron chi connectivity index (χ4n) is 3.54. The number of carbonyl (C=O) groups excluding carboxylic acids is 1. The third-order valence-corrected chi connectivity index (χ3v) is 6.14. The molecular weight excluding hydrogens is 454 g/mol. The number of nitrogens with one attached hydrogen (secondary N) is 1. The Kier molecular flexibility index (Phi) is 7.09. The van der Waals surface area contributed by atoms with E-state index >= 15 is 0 Å². The van der Waals surface area contributed by atoms with Gasteiger partial charge in [-0.25, -0.2) is 9.78 Å². The van der Waals surface area contributed by atoms with Crippen LogP contribution >= 0.6 is 11.8 Å². The molecule has 2 aromatic carbocycles. The number of H-pyrrole nitrogens is 1. The number of aromatic amines is 1. The number of para-hydroxylation sites is 1. The first-order chi connectivity index (χ1) is 16.5. The normalized spacial score (nSPS) is 11.0. The number of thioether (sulfide) groups is 1. The van der Waals surface area contributed by atoms with Gasteiger partial charge in [0.1, 0.15) is 11.4 Å². The van der Waals surface area contributed by atoms with Crippen LogP contribution < -0.4 is 17.0 Å². The van der Waals surface area contributed by atoms with E-state index in [1.54, 1.807) is 6.20 Å². The number of rotatable bonds is 9. The minimum absolute atomic E-state index is 0.0894. The molecule has 0 fully saturated rings. The highest BCUT2D eigenvalue weighted by Crippen LogP contribution is 2.30. The minimum atomic E-state index is -0.807. The number of carbonyl (C=O) groups is 1. The Bertz CT molecular complexity index is 1410. The Morgan fingerprint density at radius 2 is 1.76 bits per heavy atom. The van der Waals surface area contributed by atoms with Crippen molar-refractivity contribution in [1.29, 1.82) is 0 Å². The molecule has 0 aliphatic heterocycles. The zero-order valence-electron chi connectivity index (χ0n) is 18.4. The smallest absolute Gasteiger partial charge is 0.330 e. The van der Waals surface area contributed by atoms with Gasteiger partial charge in [-0.05, 0) is 12.1 Å². The van der Waals surface area contributed by atoms with Crippen molar-refractivity contribution >= 4 is 23.4 Å². The second-order valence-corrected chi connectivity index (χ2v) is 8.28. The van der Waals surface area contributed by atoms with Gasteiger partial charge < -0.3 is 10.5 Å². The number of benzene rings is 2. The van der Waals surface area contributed by atoms with E-state index in [-0.39, 0.29) is 30.3 Å². The lowest BCUT2D eigenvalue weighted by Crippen LogP contribution is -2.37. The van der Waals surface area contributed by atoms with Crippen LogP contribution in [0, 0.1) is 0 Å². The van der Waals surface area contributed by atoms with Crippen LogP contribution in [0.2, 0.25) is 0 Å². The van der Waals surface area contributed by atoms with E-state index in [1.165, 1.54) is 18.9 Å². The van der Waals surface area contributed by atoms with E-state index in [9.17, 15) is 14.4 Å². The van der Waals surface area contributed by atoms with Gasteiger partial charge in [-0.3, -0.25) is 23.7 Å². The summed E-state index contributed by atoms with van der Waals surface area (Å²) < 4.78 is 8.06. The third kappa shape index (κ3) is 4.73. The van der Waals surface area contributed by atoms with Crippen molar-refractivity contribution in [3.8, 4) is 16.9 Å². The Labute approximate surface area is 199 Å². The lowest BCUT2D eigenvalue weighted by atomic mass is 10.1. The maximum atomic E-state index is 13.0. The molecule has 0 saturated heterocycles. The molecule has 2 aromatic heterocycles. The molecule has 2 heterocycles. The summed E-state index contributed by atoms with van der Waals surface area (Å²) in [7, 11) is 1.48. The SMILES string of the molecule is COCCn1c(N)c(C(=O)CSc2ncc(-c3ccccc3)n2-c2ccccc2)c(=O)[nH]c1=O. The molecule has 0 atom stereocenters. The number of aromatic nitrogens is 4. The lowest BCUT2D eigenvalue weighted by Gasteiger charge is -2.13. The minimum Gasteiger partial charge on any atom is -0.384 e. The second kappa shape index (κ2) is 10.4. The Balaban J connectivity index is 1.66.